The van der Waals surface area contributed by atoms with Gasteiger partial charge in [0, 0.05) is 30.7 Å². The fourth-order valence-corrected chi connectivity index (χ4v) is 3.60. The lowest BCUT2D eigenvalue weighted by Crippen LogP contribution is -2.48. The van der Waals surface area contributed by atoms with Gasteiger partial charge in [0.1, 0.15) is 12.1 Å². The van der Waals surface area contributed by atoms with E-state index in [1.165, 1.54) is 25.7 Å². The second-order valence-electron chi connectivity index (χ2n) is 5.70. The zero-order chi connectivity index (χ0) is 13.9. The van der Waals surface area contributed by atoms with Gasteiger partial charge in [0.05, 0.1) is 6.61 Å². The number of hydrogen-bond donors (Lipinski definition) is 1. The van der Waals surface area contributed by atoms with Crippen molar-refractivity contribution in [3.05, 3.63) is 12.4 Å². The van der Waals surface area contributed by atoms with E-state index in [0.717, 1.165) is 12.4 Å². The van der Waals surface area contributed by atoms with Gasteiger partial charge in [0.15, 0.2) is 0 Å². The average molecular weight is 276 g/mol. The Morgan fingerprint density at radius 1 is 1.25 bits per heavy atom. The van der Waals surface area contributed by atoms with Gasteiger partial charge >= 0.3 is 0 Å². The van der Waals surface area contributed by atoms with Crippen LogP contribution in [-0.4, -0.2) is 41.2 Å². The van der Waals surface area contributed by atoms with Gasteiger partial charge in [0.25, 0.3) is 0 Å². The summed E-state index contributed by atoms with van der Waals surface area (Å²) in [6.45, 7) is 5.79. The fourth-order valence-electron chi connectivity index (χ4n) is 3.60. The number of hydrogen-bond acceptors (Lipinski definition) is 5. The molecule has 20 heavy (non-hydrogen) atoms. The van der Waals surface area contributed by atoms with E-state index in [4.69, 9.17) is 4.74 Å². The topological polar surface area (TPSA) is 50.3 Å². The molecule has 2 aliphatic heterocycles. The third-order valence-electron chi connectivity index (χ3n) is 4.44. The van der Waals surface area contributed by atoms with Crippen LogP contribution < -0.4 is 15.0 Å². The second kappa shape index (κ2) is 5.95. The van der Waals surface area contributed by atoms with Crippen LogP contribution in [0.3, 0.4) is 0 Å². The minimum absolute atomic E-state index is 0.586. The SMILES string of the molecule is CCOc1cc(N(CC)C2CC3CCC(C2)N3)ncn1. The molecule has 0 aliphatic carbocycles. The molecule has 2 aliphatic rings. The lowest BCUT2D eigenvalue weighted by molar-refractivity contribution is 0.324. The van der Waals surface area contributed by atoms with E-state index < -0.39 is 0 Å². The van der Waals surface area contributed by atoms with Gasteiger partial charge in [0.2, 0.25) is 5.88 Å². The largest absolute Gasteiger partial charge is 0.478 e. The molecule has 2 fully saturated rings. The van der Waals surface area contributed by atoms with E-state index in [2.05, 4.69) is 27.1 Å². The van der Waals surface area contributed by atoms with Crippen molar-refractivity contribution in [3.63, 3.8) is 0 Å². The van der Waals surface area contributed by atoms with Crippen molar-refractivity contribution in [2.45, 2.75) is 57.7 Å². The lowest BCUT2D eigenvalue weighted by atomic mass is 9.98. The molecule has 0 radical (unpaired) electrons. The van der Waals surface area contributed by atoms with Gasteiger partial charge in [-0.05, 0) is 39.5 Å². The maximum absolute atomic E-state index is 5.49. The highest BCUT2D eigenvalue weighted by Crippen LogP contribution is 2.31. The smallest absolute Gasteiger partial charge is 0.218 e. The number of aromatic nitrogens is 2. The first kappa shape index (κ1) is 13.6. The molecule has 0 amide bonds. The Morgan fingerprint density at radius 2 is 2.00 bits per heavy atom. The van der Waals surface area contributed by atoms with Gasteiger partial charge in [-0.25, -0.2) is 9.97 Å². The zero-order valence-electron chi connectivity index (χ0n) is 12.4. The number of rotatable bonds is 5. The Hall–Kier alpha value is -1.36. The van der Waals surface area contributed by atoms with Crippen LogP contribution in [0.2, 0.25) is 0 Å². The first-order valence-electron chi connectivity index (χ1n) is 7.77. The first-order valence-corrected chi connectivity index (χ1v) is 7.77. The summed E-state index contributed by atoms with van der Waals surface area (Å²) >= 11 is 0. The third-order valence-corrected chi connectivity index (χ3v) is 4.44. The predicted octanol–water partition coefficient (Wildman–Crippen LogP) is 1.98. The Kier molecular flexibility index (Phi) is 4.05. The molecule has 3 heterocycles. The molecule has 1 N–H and O–H groups in total. The summed E-state index contributed by atoms with van der Waals surface area (Å²) in [5.74, 6) is 1.67. The molecule has 3 rings (SSSR count). The maximum atomic E-state index is 5.49. The van der Waals surface area contributed by atoms with Gasteiger partial charge in [-0.2, -0.15) is 0 Å². The van der Waals surface area contributed by atoms with E-state index >= 15 is 0 Å². The number of anilines is 1. The minimum atomic E-state index is 0.586. The van der Waals surface area contributed by atoms with Crippen LogP contribution in [0.5, 0.6) is 5.88 Å². The molecule has 1 aromatic heterocycles. The summed E-state index contributed by atoms with van der Waals surface area (Å²) in [6.07, 6.45) is 6.70. The number of piperidine rings is 1. The van der Waals surface area contributed by atoms with Crippen molar-refractivity contribution >= 4 is 5.82 Å². The molecule has 2 saturated heterocycles. The highest BCUT2D eigenvalue weighted by atomic mass is 16.5. The minimum Gasteiger partial charge on any atom is -0.478 e. The standard InChI is InChI=1S/C15H24N4O/c1-3-19(13-7-11-5-6-12(8-13)18-11)14-9-15(20-4-2)17-10-16-14/h9-13,18H,3-8H2,1-2H3. The number of ether oxygens (including phenoxy) is 1. The van der Waals surface area contributed by atoms with E-state index in [9.17, 15) is 0 Å². The van der Waals surface area contributed by atoms with E-state index in [1.54, 1.807) is 6.33 Å². The molecule has 1 aromatic rings. The highest BCUT2D eigenvalue weighted by molar-refractivity contribution is 5.42. The summed E-state index contributed by atoms with van der Waals surface area (Å²) < 4.78 is 5.49. The summed E-state index contributed by atoms with van der Waals surface area (Å²) in [4.78, 5) is 11.0. The van der Waals surface area contributed by atoms with Crippen LogP contribution in [0.15, 0.2) is 12.4 Å². The van der Waals surface area contributed by atoms with Crippen LogP contribution in [0.4, 0.5) is 5.82 Å². The zero-order valence-corrected chi connectivity index (χ0v) is 12.4. The Balaban J connectivity index is 1.77. The number of nitrogens with zero attached hydrogens (tertiary/aromatic N) is 3. The van der Waals surface area contributed by atoms with E-state index in [0.29, 0.717) is 30.6 Å². The normalized spacial score (nSPS) is 28.4. The first-order chi connectivity index (χ1) is 9.80. The van der Waals surface area contributed by atoms with Crippen LogP contribution in [0.25, 0.3) is 0 Å². The Morgan fingerprint density at radius 3 is 2.65 bits per heavy atom. The molecule has 5 nitrogen and oxygen atoms in total. The average Bonchev–Trinajstić information content (AvgIpc) is 2.79. The van der Waals surface area contributed by atoms with Crippen molar-refractivity contribution in [2.24, 2.45) is 0 Å². The van der Waals surface area contributed by atoms with Crippen molar-refractivity contribution in [3.8, 4) is 5.88 Å². The summed E-state index contributed by atoms with van der Waals surface area (Å²) in [6, 6.07) is 3.95. The third kappa shape index (κ3) is 2.73. The Bertz CT molecular complexity index is 441. The van der Waals surface area contributed by atoms with Crippen LogP contribution >= 0.6 is 0 Å². The molecule has 0 spiro atoms. The second-order valence-corrected chi connectivity index (χ2v) is 5.70. The number of nitrogens with one attached hydrogen (secondary N) is 1. The molecule has 2 unspecified atom stereocenters. The number of fused-ring (bicyclic) bond motifs is 2. The van der Waals surface area contributed by atoms with Gasteiger partial charge in [-0.15, -0.1) is 0 Å². The lowest BCUT2D eigenvalue weighted by Gasteiger charge is -2.38. The van der Waals surface area contributed by atoms with Crippen molar-refractivity contribution in [2.75, 3.05) is 18.1 Å². The van der Waals surface area contributed by atoms with Crippen LogP contribution in [0, 0.1) is 0 Å². The summed E-state index contributed by atoms with van der Waals surface area (Å²) in [7, 11) is 0. The van der Waals surface area contributed by atoms with Crippen LogP contribution in [-0.2, 0) is 0 Å². The molecule has 5 heteroatoms. The predicted molar refractivity (Wildman–Crippen MR) is 79.2 cm³/mol. The quantitative estimate of drug-likeness (QED) is 0.891. The molecular weight excluding hydrogens is 252 g/mol. The molecular formula is C15H24N4O. The van der Waals surface area contributed by atoms with Gasteiger partial charge in [-0.1, -0.05) is 0 Å². The Labute approximate surface area is 120 Å². The summed E-state index contributed by atoms with van der Waals surface area (Å²) in [5, 5.41) is 3.70. The van der Waals surface area contributed by atoms with Gasteiger partial charge < -0.3 is 15.0 Å². The monoisotopic (exact) mass is 276 g/mol. The highest BCUT2D eigenvalue weighted by Gasteiger charge is 2.36. The van der Waals surface area contributed by atoms with Crippen molar-refractivity contribution < 1.29 is 4.74 Å². The van der Waals surface area contributed by atoms with Crippen molar-refractivity contribution in [1.82, 2.24) is 15.3 Å². The van der Waals surface area contributed by atoms with E-state index in [-0.39, 0.29) is 0 Å². The summed E-state index contributed by atoms with van der Waals surface area (Å²) in [5.41, 5.74) is 0. The van der Waals surface area contributed by atoms with Crippen LogP contribution in [0.1, 0.15) is 39.5 Å². The van der Waals surface area contributed by atoms with Crippen molar-refractivity contribution in [1.29, 1.82) is 0 Å². The molecule has 0 saturated carbocycles. The fraction of sp³-hybridized carbons (Fsp3) is 0.733. The molecule has 2 atom stereocenters. The molecule has 2 bridgehead atoms. The molecule has 110 valence electrons. The molecule has 0 aromatic carbocycles. The van der Waals surface area contributed by atoms with E-state index in [1.807, 2.05) is 13.0 Å². The van der Waals surface area contributed by atoms with Gasteiger partial charge in [-0.3, -0.25) is 0 Å². The maximum Gasteiger partial charge on any atom is 0.218 e.